The third-order valence-electron chi connectivity index (χ3n) is 4.28. The van der Waals surface area contributed by atoms with E-state index in [4.69, 9.17) is 17.0 Å². The van der Waals surface area contributed by atoms with Crippen LogP contribution in [-0.4, -0.2) is 33.7 Å². The van der Waals surface area contributed by atoms with Crippen LogP contribution in [0, 0.1) is 6.92 Å². The number of hydrogen-bond donors (Lipinski definition) is 1. The van der Waals surface area contributed by atoms with E-state index in [2.05, 4.69) is 5.32 Å². The molecule has 1 aliphatic rings. The van der Waals surface area contributed by atoms with Crippen LogP contribution >= 0.6 is 24.0 Å². The predicted octanol–water partition coefficient (Wildman–Crippen LogP) is 4.62. The second kappa shape index (κ2) is 9.24. The number of hydrogen-bond acceptors (Lipinski definition) is 5. The van der Waals surface area contributed by atoms with Gasteiger partial charge in [-0.3, -0.25) is 14.5 Å². The Labute approximate surface area is 180 Å². The zero-order valence-electron chi connectivity index (χ0n) is 16.5. The van der Waals surface area contributed by atoms with Gasteiger partial charge in [0.1, 0.15) is 10.1 Å². The Kier molecular flexibility index (Phi) is 6.71. The summed E-state index contributed by atoms with van der Waals surface area (Å²) < 4.78 is 6.19. The number of nitrogens with zero attached hydrogens (tertiary/aromatic N) is 1. The second-order valence-electron chi connectivity index (χ2n) is 6.87. The van der Waals surface area contributed by atoms with Gasteiger partial charge in [-0.15, -0.1) is 0 Å². The summed E-state index contributed by atoms with van der Waals surface area (Å²) in [6.45, 7) is 5.70. The molecule has 0 bridgehead atoms. The molecule has 0 atom stereocenters. The zero-order chi connectivity index (χ0) is 21.0. The minimum absolute atomic E-state index is 0.0230. The van der Waals surface area contributed by atoms with Crippen LogP contribution in [0.15, 0.2) is 53.4 Å². The van der Waals surface area contributed by atoms with Crippen molar-refractivity contribution in [3.05, 3.63) is 64.6 Å². The van der Waals surface area contributed by atoms with Gasteiger partial charge in [0, 0.05) is 11.7 Å². The van der Waals surface area contributed by atoms with Gasteiger partial charge in [0.25, 0.3) is 11.8 Å². The maximum Gasteiger partial charge on any atom is 0.266 e. The molecule has 1 heterocycles. The van der Waals surface area contributed by atoms with Gasteiger partial charge in [-0.25, -0.2) is 0 Å². The first-order valence-electron chi connectivity index (χ1n) is 9.20. The summed E-state index contributed by atoms with van der Waals surface area (Å²) in [6.07, 6.45) is 1.79. The molecule has 1 aliphatic heterocycles. The van der Waals surface area contributed by atoms with Crippen molar-refractivity contribution < 1.29 is 14.3 Å². The fourth-order valence-corrected chi connectivity index (χ4v) is 4.34. The van der Waals surface area contributed by atoms with Gasteiger partial charge in [-0.05, 0) is 56.2 Å². The first kappa shape index (κ1) is 21.1. The monoisotopic (exact) mass is 426 g/mol. The van der Waals surface area contributed by atoms with Crippen LogP contribution in [-0.2, 0) is 9.59 Å². The Hall–Kier alpha value is -2.64. The lowest BCUT2D eigenvalue weighted by Gasteiger charge is -2.18. The van der Waals surface area contributed by atoms with Crippen molar-refractivity contribution in [2.24, 2.45) is 0 Å². The number of thiocarbonyl (C=S) groups is 1. The summed E-state index contributed by atoms with van der Waals surface area (Å²) in [7, 11) is 0. The molecule has 2 aromatic rings. The van der Waals surface area contributed by atoms with Gasteiger partial charge < -0.3 is 10.1 Å². The molecule has 0 saturated carbocycles. The van der Waals surface area contributed by atoms with Crippen molar-refractivity contribution >= 4 is 51.9 Å². The first-order valence-corrected chi connectivity index (χ1v) is 10.4. The first-order chi connectivity index (χ1) is 13.8. The Morgan fingerprint density at radius 1 is 1.24 bits per heavy atom. The van der Waals surface area contributed by atoms with Crippen molar-refractivity contribution in [2.45, 2.75) is 26.8 Å². The van der Waals surface area contributed by atoms with Crippen LogP contribution in [0.1, 0.15) is 25.0 Å². The van der Waals surface area contributed by atoms with Gasteiger partial charge in [0.15, 0.2) is 6.61 Å². The number of amides is 2. The van der Waals surface area contributed by atoms with Gasteiger partial charge in [-0.2, -0.15) is 0 Å². The third-order valence-corrected chi connectivity index (χ3v) is 5.62. The lowest BCUT2D eigenvalue weighted by molar-refractivity contribution is -0.123. The van der Waals surface area contributed by atoms with E-state index in [1.54, 1.807) is 23.1 Å². The molecule has 7 heteroatoms. The molecule has 1 fully saturated rings. The number of nitrogens with one attached hydrogen (secondary N) is 1. The molecule has 2 aromatic carbocycles. The Bertz CT molecular complexity index is 986. The van der Waals surface area contributed by atoms with Crippen molar-refractivity contribution in [3.8, 4) is 5.75 Å². The SMILES string of the molecule is Cc1ccccc1NC(=O)COc1cccc(/C=C2\SC(=S)N(C(C)C)C2=O)c1. The van der Waals surface area contributed by atoms with Crippen LogP contribution in [0.2, 0.25) is 0 Å². The molecular weight excluding hydrogens is 404 g/mol. The molecule has 0 unspecified atom stereocenters. The van der Waals surface area contributed by atoms with Crippen LogP contribution < -0.4 is 10.1 Å². The molecule has 29 heavy (non-hydrogen) atoms. The summed E-state index contributed by atoms with van der Waals surface area (Å²) in [6, 6.07) is 14.9. The molecule has 0 spiro atoms. The maximum absolute atomic E-state index is 12.5. The number of ether oxygens (including phenoxy) is 1. The highest BCUT2D eigenvalue weighted by Crippen LogP contribution is 2.34. The van der Waals surface area contributed by atoms with Crippen molar-refractivity contribution in [3.63, 3.8) is 0 Å². The lowest BCUT2D eigenvalue weighted by Crippen LogP contribution is -2.34. The summed E-state index contributed by atoms with van der Waals surface area (Å²) in [4.78, 5) is 26.9. The van der Waals surface area contributed by atoms with E-state index in [9.17, 15) is 9.59 Å². The van der Waals surface area contributed by atoms with Gasteiger partial charge in [0.05, 0.1) is 4.91 Å². The standard InChI is InChI=1S/C22H22N2O3S2/c1-14(2)24-21(26)19(29-22(24)28)12-16-8-6-9-17(11-16)27-13-20(25)23-18-10-5-4-7-15(18)3/h4-12,14H,13H2,1-3H3,(H,23,25)/b19-12-. The summed E-state index contributed by atoms with van der Waals surface area (Å²) in [5.74, 6) is 0.236. The lowest BCUT2D eigenvalue weighted by atomic mass is 10.2. The number of carbonyl (C=O) groups excluding carboxylic acids is 2. The number of benzene rings is 2. The van der Waals surface area contributed by atoms with E-state index in [0.717, 1.165) is 16.8 Å². The minimum atomic E-state index is -0.234. The van der Waals surface area contributed by atoms with Gasteiger partial charge >= 0.3 is 0 Å². The van der Waals surface area contributed by atoms with Crippen molar-refractivity contribution in [1.29, 1.82) is 0 Å². The number of anilines is 1. The van der Waals surface area contributed by atoms with E-state index >= 15 is 0 Å². The van der Waals surface area contributed by atoms with Crippen LogP contribution in [0.3, 0.4) is 0 Å². The van der Waals surface area contributed by atoms with E-state index in [1.807, 2.05) is 57.2 Å². The second-order valence-corrected chi connectivity index (χ2v) is 8.55. The third kappa shape index (κ3) is 5.25. The Morgan fingerprint density at radius 2 is 2.00 bits per heavy atom. The van der Waals surface area contributed by atoms with Crippen LogP contribution in [0.4, 0.5) is 5.69 Å². The van der Waals surface area contributed by atoms with Gasteiger partial charge in [0.2, 0.25) is 0 Å². The topological polar surface area (TPSA) is 58.6 Å². The summed E-state index contributed by atoms with van der Waals surface area (Å²) in [5, 5.41) is 2.84. The summed E-state index contributed by atoms with van der Waals surface area (Å²) >= 11 is 6.60. The average Bonchev–Trinajstić information content (AvgIpc) is 2.95. The normalized spacial score (nSPS) is 15.3. The molecule has 3 rings (SSSR count). The zero-order valence-corrected chi connectivity index (χ0v) is 18.1. The number of carbonyl (C=O) groups is 2. The van der Waals surface area contributed by atoms with Crippen LogP contribution in [0.25, 0.3) is 6.08 Å². The van der Waals surface area contributed by atoms with E-state index in [-0.39, 0.29) is 24.5 Å². The maximum atomic E-state index is 12.5. The predicted molar refractivity (Wildman–Crippen MR) is 122 cm³/mol. The molecule has 0 radical (unpaired) electrons. The van der Waals surface area contributed by atoms with E-state index in [1.165, 1.54) is 11.8 Å². The fourth-order valence-electron chi connectivity index (χ4n) is 2.82. The van der Waals surface area contributed by atoms with E-state index in [0.29, 0.717) is 15.0 Å². The highest BCUT2D eigenvalue weighted by molar-refractivity contribution is 8.26. The molecule has 5 nitrogen and oxygen atoms in total. The van der Waals surface area contributed by atoms with Crippen LogP contribution in [0.5, 0.6) is 5.75 Å². The molecular formula is C22H22N2O3S2. The minimum Gasteiger partial charge on any atom is -0.484 e. The highest BCUT2D eigenvalue weighted by Gasteiger charge is 2.33. The largest absolute Gasteiger partial charge is 0.484 e. The van der Waals surface area contributed by atoms with Crippen molar-refractivity contribution in [2.75, 3.05) is 11.9 Å². The summed E-state index contributed by atoms with van der Waals surface area (Å²) in [5.41, 5.74) is 2.56. The van der Waals surface area contributed by atoms with Crippen molar-refractivity contribution in [1.82, 2.24) is 4.90 Å². The number of rotatable bonds is 6. The molecule has 1 saturated heterocycles. The fraction of sp³-hybridized carbons (Fsp3) is 0.227. The quantitative estimate of drug-likeness (QED) is 0.539. The Morgan fingerprint density at radius 3 is 2.69 bits per heavy atom. The highest BCUT2D eigenvalue weighted by atomic mass is 32.2. The number of para-hydroxylation sites is 1. The smallest absolute Gasteiger partial charge is 0.266 e. The molecule has 150 valence electrons. The molecule has 0 aromatic heterocycles. The van der Waals surface area contributed by atoms with Gasteiger partial charge in [-0.1, -0.05) is 54.3 Å². The molecule has 1 N–H and O–H groups in total. The van der Waals surface area contributed by atoms with E-state index < -0.39 is 0 Å². The average molecular weight is 427 g/mol. The Balaban J connectivity index is 1.64. The number of thioether (sulfide) groups is 1. The molecule has 0 aliphatic carbocycles. The number of aryl methyl sites for hydroxylation is 1. The molecule has 2 amide bonds.